The van der Waals surface area contributed by atoms with E-state index in [1.165, 1.54) is 0 Å². The second-order valence-electron chi connectivity index (χ2n) is 4.57. The van der Waals surface area contributed by atoms with Gasteiger partial charge < -0.3 is 9.47 Å². The molecule has 2 nitrogen and oxygen atoms in total. The van der Waals surface area contributed by atoms with E-state index in [4.69, 9.17) is 9.47 Å². The van der Waals surface area contributed by atoms with Gasteiger partial charge in [0, 0.05) is 5.33 Å². The predicted molar refractivity (Wildman–Crippen MR) is 75.3 cm³/mol. The van der Waals surface area contributed by atoms with Crippen molar-refractivity contribution >= 4 is 15.9 Å². The first-order chi connectivity index (χ1) is 8.11. The second-order valence-corrected chi connectivity index (χ2v) is 5.36. The zero-order chi connectivity index (χ0) is 12.7. The van der Waals surface area contributed by atoms with Crippen molar-refractivity contribution in [3.63, 3.8) is 0 Å². The van der Waals surface area contributed by atoms with Gasteiger partial charge in [0.25, 0.3) is 0 Å². The van der Waals surface area contributed by atoms with Crippen LogP contribution in [0.4, 0.5) is 0 Å². The molecule has 96 valence electrons. The van der Waals surface area contributed by atoms with Crippen molar-refractivity contribution in [2.75, 3.05) is 11.9 Å². The molecule has 1 atom stereocenters. The molecule has 1 rings (SSSR count). The number of ether oxygens (including phenoxy) is 2. The van der Waals surface area contributed by atoms with Crippen LogP contribution >= 0.6 is 15.9 Å². The van der Waals surface area contributed by atoms with Gasteiger partial charge in [0.2, 0.25) is 0 Å². The molecule has 0 heterocycles. The van der Waals surface area contributed by atoms with Crippen molar-refractivity contribution in [1.29, 1.82) is 0 Å². The summed E-state index contributed by atoms with van der Waals surface area (Å²) >= 11 is 3.33. The van der Waals surface area contributed by atoms with Crippen molar-refractivity contribution in [3.05, 3.63) is 24.3 Å². The van der Waals surface area contributed by atoms with Crippen LogP contribution in [0.5, 0.6) is 11.5 Å². The van der Waals surface area contributed by atoms with Crippen LogP contribution < -0.4 is 9.47 Å². The van der Waals surface area contributed by atoms with Crippen LogP contribution in [-0.2, 0) is 0 Å². The number of alkyl halides is 1. The van der Waals surface area contributed by atoms with E-state index in [9.17, 15) is 0 Å². The molecule has 1 aromatic rings. The Hall–Kier alpha value is -0.700. The average molecular weight is 301 g/mol. The summed E-state index contributed by atoms with van der Waals surface area (Å²) in [6, 6.07) is 7.81. The van der Waals surface area contributed by atoms with Crippen molar-refractivity contribution in [3.8, 4) is 11.5 Å². The third-order valence-corrected chi connectivity index (χ3v) is 2.63. The lowest BCUT2D eigenvalue weighted by atomic mass is 10.1. The van der Waals surface area contributed by atoms with Gasteiger partial charge in [0.1, 0.15) is 11.5 Å². The van der Waals surface area contributed by atoms with E-state index in [0.29, 0.717) is 12.5 Å². The maximum atomic E-state index is 5.82. The van der Waals surface area contributed by atoms with E-state index >= 15 is 0 Å². The molecule has 0 aliphatic rings. The quantitative estimate of drug-likeness (QED) is 0.700. The molecule has 0 saturated heterocycles. The van der Waals surface area contributed by atoms with Gasteiger partial charge in [-0.05, 0) is 43.5 Å². The summed E-state index contributed by atoms with van der Waals surface area (Å²) in [5, 5.41) is 0.844. The van der Waals surface area contributed by atoms with Gasteiger partial charge in [-0.2, -0.15) is 0 Å². The second kappa shape index (κ2) is 7.59. The van der Waals surface area contributed by atoms with Crippen molar-refractivity contribution in [1.82, 2.24) is 0 Å². The van der Waals surface area contributed by atoms with E-state index in [0.717, 1.165) is 23.2 Å². The molecule has 17 heavy (non-hydrogen) atoms. The highest BCUT2D eigenvalue weighted by atomic mass is 79.9. The molecule has 0 aromatic heterocycles. The molecule has 0 aliphatic heterocycles. The highest BCUT2D eigenvalue weighted by Crippen LogP contribution is 2.20. The largest absolute Gasteiger partial charge is 0.493 e. The van der Waals surface area contributed by atoms with Crippen LogP contribution in [0.1, 0.15) is 27.2 Å². The van der Waals surface area contributed by atoms with Crippen molar-refractivity contribution in [2.45, 2.75) is 33.3 Å². The molecular formula is C14H21BrO2. The van der Waals surface area contributed by atoms with E-state index in [1.807, 2.05) is 24.3 Å². The van der Waals surface area contributed by atoms with Crippen LogP contribution in [0.25, 0.3) is 0 Å². The number of rotatable bonds is 7. The molecule has 0 spiro atoms. The first-order valence-corrected chi connectivity index (χ1v) is 7.19. The Bertz CT molecular complexity index is 309. The fourth-order valence-corrected chi connectivity index (χ4v) is 1.88. The van der Waals surface area contributed by atoms with Crippen LogP contribution in [0.2, 0.25) is 0 Å². The lowest BCUT2D eigenvalue weighted by molar-refractivity contribution is 0.193. The molecule has 3 heteroatoms. The fraction of sp³-hybridized carbons (Fsp3) is 0.571. The van der Waals surface area contributed by atoms with Gasteiger partial charge in [0.15, 0.2) is 0 Å². The Morgan fingerprint density at radius 2 is 1.65 bits per heavy atom. The lowest BCUT2D eigenvalue weighted by Gasteiger charge is -2.16. The Balaban J connectivity index is 2.44. The topological polar surface area (TPSA) is 18.5 Å². The highest BCUT2D eigenvalue weighted by molar-refractivity contribution is 9.09. The molecule has 0 radical (unpaired) electrons. The molecule has 0 amide bonds. The molecule has 0 N–H and O–H groups in total. The third-order valence-electron chi connectivity index (χ3n) is 2.31. The summed E-state index contributed by atoms with van der Waals surface area (Å²) in [6.45, 7) is 7.20. The molecular weight excluding hydrogens is 280 g/mol. The van der Waals surface area contributed by atoms with Gasteiger partial charge in [-0.1, -0.05) is 29.8 Å². The summed E-state index contributed by atoms with van der Waals surface area (Å²) < 4.78 is 11.3. The third kappa shape index (κ3) is 5.97. The number of benzene rings is 1. The zero-order valence-electron chi connectivity index (χ0n) is 10.8. The lowest BCUT2D eigenvalue weighted by Crippen LogP contribution is -2.14. The molecule has 0 bridgehead atoms. The van der Waals surface area contributed by atoms with Gasteiger partial charge in [-0.3, -0.25) is 0 Å². The smallest absolute Gasteiger partial charge is 0.119 e. The van der Waals surface area contributed by atoms with E-state index in [2.05, 4.69) is 36.7 Å². The van der Waals surface area contributed by atoms with Gasteiger partial charge in [-0.15, -0.1) is 0 Å². The van der Waals surface area contributed by atoms with Crippen molar-refractivity contribution in [2.24, 2.45) is 5.92 Å². The van der Waals surface area contributed by atoms with E-state index < -0.39 is 0 Å². The number of hydrogen-bond donors (Lipinski definition) is 0. The summed E-state index contributed by atoms with van der Waals surface area (Å²) in [5.74, 6) is 2.45. The number of halogens is 1. The summed E-state index contributed by atoms with van der Waals surface area (Å²) in [4.78, 5) is 0. The van der Waals surface area contributed by atoms with E-state index in [1.54, 1.807) is 0 Å². The van der Waals surface area contributed by atoms with Gasteiger partial charge in [-0.25, -0.2) is 0 Å². The first kappa shape index (κ1) is 14.4. The van der Waals surface area contributed by atoms with Crippen LogP contribution in [0.3, 0.4) is 0 Å². The fourth-order valence-electron chi connectivity index (χ4n) is 1.72. The standard InChI is InChI=1S/C14H21BrO2/c1-11(2)10-12(3)17-14-6-4-13(5-7-14)16-9-8-15/h4-7,11-12H,8-10H2,1-3H3. The average Bonchev–Trinajstić information content (AvgIpc) is 2.27. The minimum atomic E-state index is 0.254. The normalized spacial score (nSPS) is 12.5. The summed E-state index contributed by atoms with van der Waals surface area (Å²) in [6.07, 6.45) is 1.33. The van der Waals surface area contributed by atoms with Gasteiger partial charge in [0.05, 0.1) is 12.7 Å². The van der Waals surface area contributed by atoms with Crippen molar-refractivity contribution < 1.29 is 9.47 Å². The van der Waals surface area contributed by atoms with Gasteiger partial charge >= 0.3 is 0 Å². The van der Waals surface area contributed by atoms with Crippen LogP contribution in [0.15, 0.2) is 24.3 Å². The maximum Gasteiger partial charge on any atom is 0.119 e. The minimum absolute atomic E-state index is 0.254. The monoisotopic (exact) mass is 300 g/mol. The minimum Gasteiger partial charge on any atom is -0.493 e. The maximum absolute atomic E-state index is 5.82. The van der Waals surface area contributed by atoms with Crippen LogP contribution in [-0.4, -0.2) is 18.0 Å². The zero-order valence-corrected chi connectivity index (χ0v) is 12.4. The van der Waals surface area contributed by atoms with E-state index in [-0.39, 0.29) is 6.10 Å². The Morgan fingerprint density at radius 1 is 1.06 bits per heavy atom. The molecule has 1 unspecified atom stereocenters. The summed E-state index contributed by atoms with van der Waals surface area (Å²) in [7, 11) is 0. The first-order valence-electron chi connectivity index (χ1n) is 6.07. The molecule has 1 aromatic carbocycles. The Morgan fingerprint density at radius 3 is 2.18 bits per heavy atom. The Kier molecular flexibility index (Phi) is 6.41. The summed E-state index contributed by atoms with van der Waals surface area (Å²) in [5.41, 5.74) is 0. The number of hydrogen-bond acceptors (Lipinski definition) is 2. The molecule has 0 aliphatic carbocycles. The molecule has 0 saturated carbocycles. The molecule has 0 fully saturated rings. The highest BCUT2D eigenvalue weighted by Gasteiger charge is 2.06. The Labute approximate surface area is 112 Å². The SMILES string of the molecule is CC(C)CC(C)Oc1ccc(OCCBr)cc1. The van der Waals surface area contributed by atoms with Crippen LogP contribution in [0, 0.1) is 5.92 Å². The predicted octanol–water partition coefficient (Wildman–Crippen LogP) is 4.27.